The first-order valence-corrected chi connectivity index (χ1v) is 11.9. The first-order chi connectivity index (χ1) is 15.7. The smallest absolute Gasteiger partial charge is 0.225 e. The summed E-state index contributed by atoms with van der Waals surface area (Å²) < 4.78 is 6.66. The van der Waals surface area contributed by atoms with Gasteiger partial charge in [-0.1, -0.05) is 40.2 Å². The zero-order valence-electron chi connectivity index (χ0n) is 18.4. The van der Waals surface area contributed by atoms with Crippen LogP contribution in [0.2, 0.25) is 0 Å². The summed E-state index contributed by atoms with van der Waals surface area (Å²) in [5.41, 5.74) is 4.95. The molecule has 0 radical (unpaired) electrons. The third kappa shape index (κ3) is 4.59. The molecule has 2 aliphatic heterocycles. The van der Waals surface area contributed by atoms with Gasteiger partial charge in [0.1, 0.15) is 5.75 Å². The number of nitrogens with zero attached hydrogens (tertiary/aromatic N) is 5. The summed E-state index contributed by atoms with van der Waals surface area (Å²) in [6.45, 7) is 6.58. The summed E-state index contributed by atoms with van der Waals surface area (Å²) in [5, 5.41) is 0. The summed E-state index contributed by atoms with van der Waals surface area (Å²) in [6.07, 6.45) is 3.01. The first-order valence-electron chi connectivity index (χ1n) is 11.1. The molecular formula is C25H28BrN5O. The lowest BCUT2D eigenvalue weighted by Crippen LogP contribution is -2.47. The average Bonchev–Trinajstić information content (AvgIpc) is 2.85. The molecule has 5 rings (SSSR count). The van der Waals surface area contributed by atoms with E-state index in [0.29, 0.717) is 0 Å². The van der Waals surface area contributed by atoms with Gasteiger partial charge in [0.25, 0.3) is 0 Å². The quantitative estimate of drug-likeness (QED) is 0.532. The second kappa shape index (κ2) is 9.46. The largest absolute Gasteiger partial charge is 0.495 e. The molecule has 1 saturated heterocycles. The molecule has 3 aromatic rings. The topological polar surface area (TPSA) is 44.7 Å². The number of halogens is 1. The number of methoxy groups -OCH3 is 1. The molecule has 3 heterocycles. The monoisotopic (exact) mass is 493 g/mol. The van der Waals surface area contributed by atoms with Crippen LogP contribution in [0, 0.1) is 0 Å². The Morgan fingerprint density at radius 1 is 0.938 bits per heavy atom. The van der Waals surface area contributed by atoms with Crippen molar-refractivity contribution < 1.29 is 4.74 Å². The van der Waals surface area contributed by atoms with Crippen molar-refractivity contribution in [1.29, 1.82) is 0 Å². The number of rotatable bonds is 5. The highest BCUT2D eigenvalue weighted by molar-refractivity contribution is 9.10. The number of aromatic nitrogens is 2. The number of piperazine rings is 1. The molecule has 0 bridgehead atoms. The maximum atomic E-state index is 5.54. The summed E-state index contributed by atoms with van der Waals surface area (Å²) >= 11 is 3.51. The number of ether oxygens (including phenoxy) is 1. The standard InChI is InChI=1S/C25H28BrN5O/c1-32-24-5-3-2-4-23(24)30-12-14-31(15-13-30)25-27-16-20-18-29(11-10-22(20)28-25)17-19-6-8-21(26)9-7-19/h2-9,16H,10-15,17-18H2,1H3. The number of hydrogen-bond donors (Lipinski definition) is 0. The minimum atomic E-state index is 0.866. The Morgan fingerprint density at radius 2 is 1.69 bits per heavy atom. The van der Waals surface area contributed by atoms with Crippen molar-refractivity contribution in [1.82, 2.24) is 14.9 Å². The van der Waals surface area contributed by atoms with E-state index >= 15 is 0 Å². The fraction of sp³-hybridized carbons (Fsp3) is 0.360. The van der Waals surface area contributed by atoms with Gasteiger partial charge in [-0.3, -0.25) is 4.90 Å². The van der Waals surface area contributed by atoms with Crippen molar-refractivity contribution in [3.8, 4) is 5.75 Å². The van der Waals surface area contributed by atoms with E-state index in [1.54, 1.807) is 7.11 Å². The number of para-hydroxylation sites is 2. The van der Waals surface area contributed by atoms with Crippen LogP contribution in [-0.2, 0) is 19.5 Å². The molecule has 166 valence electrons. The third-order valence-electron chi connectivity index (χ3n) is 6.31. The Labute approximate surface area is 198 Å². The van der Waals surface area contributed by atoms with E-state index in [1.807, 2.05) is 18.3 Å². The number of anilines is 2. The predicted molar refractivity (Wildman–Crippen MR) is 131 cm³/mol. The summed E-state index contributed by atoms with van der Waals surface area (Å²) in [6, 6.07) is 16.8. The normalized spacial score (nSPS) is 16.7. The predicted octanol–water partition coefficient (Wildman–Crippen LogP) is 4.13. The van der Waals surface area contributed by atoms with Crippen LogP contribution in [0.15, 0.2) is 59.2 Å². The molecule has 2 aliphatic rings. The highest BCUT2D eigenvalue weighted by atomic mass is 79.9. The second-order valence-electron chi connectivity index (χ2n) is 8.38. The molecular weight excluding hydrogens is 466 g/mol. The Balaban J connectivity index is 1.21. The van der Waals surface area contributed by atoms with Crippen molar-refractivity contribution in [3.63, 3.8) is 0 Å². The van der Waals surface area contributed by atoms with Crippen LogP contribution in [0.1, 0.15) is 16.8 Å². The van der Waals surface area contributed by atoms with Crippen LogP contribution in [0.3, 0.4) is 0 Å². The zero-order chi connectivity index (χ0) is 21.9. The minimum absolute atomic E-state index is 0.866. The van der Waals surface area contributed by atoms with Gasteiger partial charge in [0, 0.05) is 68.5 Å². The van der Waals surface area contributed by atoms with Crippen LogP contribution < -0.4 is 14.5 Å². The van der Waals surface area contributed by atoms with Crippen molar-refractivity contribution in [2.24, 2.45) is 0 Å². The third-order valence-corrected chi connectivity index (χ3v) is 6.84. The van der Waals surface area contributed by atoms with Crippen LogP contribution in [0.5, 0.6) is 5.75 Å². The molecule has 0 saturated carbocycles. The van der Waals surface area contributed by atoms with Crippen molar-refractivity contribution in [2.75, 3.05) is 49.6 Å². The van der Waals surface area contributed by atoms with Gasteiger partial charge in [-0.05, 0) is 29.8 Å². The number of fused-ring (bicyclic) bond motifs is 1. The fourth-order valence-corrected chi connectivity index (χ4v) is 4.80. The molecule has 7 heteroatoms. The summed E-state index contributed by atoms with van der Waals surface area (Å²) in [7, 11) is 1.73. The molecule has 0 spiro atoms. The molecule has 1 aromatic heterocycles. The lowest BCUT2D eigenvalue weighted by atomic mass is 10.1. The number of hydrogen-bond acceptors (Lipinski definition) is 6. The van der Waals surface area contributed by atoms with E-state index in [2.05, 4.69) is 67.0 Å². The highest BCUT2D eigenvalue weighted by Gasteiger charge is 2.24. The lowest BCUT2D eigenvalue weighted by Gasteiger charge is -2.37. The zero-order valence-corrected chi connectivity index (χ0v) is 20.0. The lowest BCUT2D eigenvalue weighted by molar-refractivity contribution is 0.243. The van der Waals surface area contributed by atoms with Gasteiger partial charge in [-0.2, -0.15) is 0 Å². The average molecular weight is 494 g/mol. The molecule has 6 nitrogen and oxygen atoms in total. The SMILES string of the molecule is COc1ccccc1N1CCN(c2ncc3c(n2)CCN(Cc2ccc(Br)cc2)C3)CC1. The second-order valence-corrected chi connectivity index (χ2v) is 9.29. The van der Waals surface area contributed by atoms with Crippen molar-refractivity contribution >= 4 is 27.6 Å². The Morgan fingerprint density at radius 3 is 2.47 bits per heavy atom. The van der Waals surface area contributed by atoms with Gasteiger partial charge in [0.2, 0.25) is 5.95 Å². The summed E-state index contributed by atoms with van der Waals surface area (Å²) in [5.74, 6) is 1.79. The van der Waals surface area contributed by atoms with Gasteiger partial charge >= 0.3 is 0 Å². The minimum Gasteiger partial charge on any atom is -0.495 e. The van der Waals surface area contributed by atoms with Crippen LogP contribution in [-0.4, -0.2) is 54.7 Å². The maximum Gasteiger partial charge on any atom is 0.225 e. The first kappa shape index (κ1) is 21.2. The fourth-order valence-electron chi connectivity index (χ4n) is 4.54. The van der Waals surface area contributed by atoms with E-state index in [-0.39, 0.29) is 0 Å². The van der Waals surface area contributed by atoms with Gasteiger partial charge in [-0.15, -0.1) is 0 Å². The van der Waals surface area contributed by atoms with Crippen LogP contribution in [0.25, 0.3) is 0 Å². The molecule has 32 heavy (non-hydrogen) atoms. The molecule has 0 aliphatic carbocycles. The molecule has 0 amide bonds. The Kier molecular flexibility index (Phi) is 6.28. The molecule has 1 fully saturated rings. The van der Waals surface area contributed by atoms with Crippen LogP contribution in [0.4, 0.5) is 11.6 Å². The molecule has 2 aromatic carbocycles. The van der Waals surface area contributed by atoms with Gasteiger partial charge in [-0.25, -0.2) is 9.97 Å². The van der Waals surface area contributed by atoms with Crippen molar-refractivity contribution in [3.05, 3.63) is 76.0 Å². The molecule has 0 N–H and O–H groups in total. The summed E-state index contributed by atoms with van der Waals surface area (Å²) in [4.78, 5) is 16.9. The van der Waals surface area contributed by atoms with E-state index in [0.717, 1.165) is 74.1 Å². The van der Waals surface area contributed by atoms with Gasteiger partial charge < -0.3 is 14.5 Å². The van der Waals surface area contributed by atoms with Crippen LogP contribution >= 0.6 is 15.9 Å². The molecule has 0 unspecified atom stereocenters. The highest BCUT2D eigenvalue weighted by Crippen LogP contribution is 2.29. The van der Waals surface area contributed by atoms with E-state index in [1.165, 1.54) is 16.8 Å². The van der Waals surface area contributed by atoms with E-state index in [9.17, 15) is 0 Å². The van der Waals surface area contributed by atoms with Crippen molar-refractivity contribution in [2.45, 2.75) is 19.5 Å². The Bertz CT molecular complexity index is 1070. The Hall–Kier alpha value is -2.64. The van der Waals surface area contributed by atoms with Gasteiger partial charge in [0.05, 0.1) is 18.5 Å². The number of benzene rings is 2. The van der Waals surface area contributed by atoms with Gasteiger partial charge in [0.15, 0.2) is 0 Å². The van der Waals surface area contributed by atoms with E-state index < -0.39 is 0 Å². The maximum absolute atomic E-state index is 5.54. The van der Waals surface area contributed by atoms with E-state index in [4.69, 9.17) is 14.7 Å². The molecule has 0 atom stereocenters.